The van der Waals surface area contributed by atoms with Crippen LogP contribution in [-0.2, 0) is 0 Å². The number of carbonyl (C=O) groups excluding carboxylic acids is 2. The van der Waals surface area contributed by atoms with E-state index in [1.165, 1.54) is 23.1 Å². The molecule has 0 aromatic heterocycles. The van der Waals surface area contributed by atoms with E-state index in [4.69, 9.17) is 11.6 Å². The summed E-state index contributed by atoms with van der Waals surface area (Å²) in [5.41, 5.74) is -0.262. The Bertz CT molecular complexity index is 825. The van der Waals surface area contributed by atoms with Gasteiger partial charge in [-0.05, 0) is 30.3 Å². The molecule has 0 heterocycles. The van der Waals surface area contributed by atoms with Gasteiger partial charge in [-0.25, -0.2) is 13.2 Å². The number of carbonyl (C=O) groups is 2. The normalized spacial score (nSPS) is 10.4. The van der Waals surface area contributed by atoms with Crippen molar-refractivity contribution in [2.24, 2.45) is 0 Å². The molecule has 0 aliphatic carbocycles. The molecule has 0 unspecified atom stereocenters. The van der Waals surface area contributed by atoms with E-state index in [1.807, 2.05) is 0 Å². The Balaban J connectivity index is 2.26. The van der Waals surface area contributed by atoms with Crippen LogP contribution in [0.5, 0.6) is 0 Å². The summed E-state index contributed by atoms with van der Waals surface area (Å²) in [5.74, 6) is -6.01. The van der Waals surface area contributed by atoms with Crippen molar-refractivity contribution in [2.75, 3.05) is 19.4 Å². The molecule has 2 aromatic carbocycles. The van der Waals surface area contributed by atoms with Gasteiger partial charge in [0, 0.05) is 19.8 Å². The highest BCUT2D eigenvalue weighted by atomic mass is 35.5. The number of halogens is 4. The first-order valence-corrected chi connectivity index (χ1v) is 7.06. The highest BCUT2D eigenvalue weighted by molar-refractivity contribution is 6.34. The van der Waals surface area contributed by atoms with Crippen LogP contribution in [0.4, 0.5) is 18.9 Å². The number of amides is 2. The van der Waals surface area contributed by atoms with Crippen molar-refractivity contribution in [3.63, 3.8) is 0 Å². The minimum atomic E-state index is -1.73. The van der Waals surface area contributed by atoms with Gasteiger partial charge in [-0.2, -0.15) is 0 Å². The standard InChI is InChI=1S/C16H12ClF3N2O2/c1-22(2)16(24)9-4-3-8(7-11(9)17)21-15(23)10-5-6-12(18)14(20)13(10)19/h3-7H,1-2H3,(H,21,23). The summed E-state index contributed by atoms with van der Waals surface area (Å²) in [6.07, 6.45) is 0. The summed E-state index contributed by atoms with van der Waals surface area (Å²) in [5, 5.41) is 2.39. The van der Waals surface area contributed by atoms with Crippen molar-refractivity contribution >= 4 is 29.1 Å². The van der Waals surface area contributed by atoms with Crippen molar-refractivity contribution in [3.05, 3.63) is 63.9 Å². The smallest absolute Gasteiger partial charge is 0.258 e. The molecule has 0 bridgehead atoms. The van der Waals surface area contributed by atoms with E-state index in [2.05, 4.69) is 5.32 Å². The maximum absolute atomic E-state index is 13.6. The van der Waals surface area contributed by atoms with E-state index >= 15 is 0 Å². The summed E-state index contributed by atoms with van der Waals surface area (Å²) in [6, 6.07) is 5.56. The van der Waals surface area contributed by atoms with E-state index < -0.39 is 28.9 Å². The number of hydrogen-bond acceptors (Lipinski definition) is 2. The van der Waals surface area contributed by atoms with Crippen LogP contribution < -0.4 is 5.32 Å². The summed E-state index contributed by atoms with van der Waals surface area (Å²) in [6.45, 7) is 0. The second-order valence-corrected chi connectivity index (χ2v) is 5.48. The first-order valence-electron chi connectivity index (χ1n) is 6.68. The average molecular weight is 357 g/mol. The first kappa shape index (κ1) is 17.8. The van der Waals surface area contributed by atoms with Gasteiger partial charge in [0.2, 0.25) is 0 Å². The lowest BCUT2D eigenvalue weighted by Gasteiger charge is -2.13. The Labute approximate surface area is 140 Å². The lowest BCUT2D eigenvalue weighted by atomic mass is 10.1. The number of anilines is 1. The highest BCUT2D eigenvalue weighted by Gasteiger charge is 2.19. The van der Waals surface area contributed by atoms with Crippen LogP contribution in [0, 0.1) is 17.5 Å². The van der Waals surface area contributed by atoms with Crippen LogP contribution in [0.15, 0.2) is 30.3 Å². The van der Waals surface area contributed by atoms with Crippen LogP contribution in [0.1, 0.15) is 20.7 Å². The fourth-order valence-electron chi connectivity index (χ4n) is 1.91. The number of rotatable bonds is 3. The van der Waals surface area contributed by atoms with Crippen molar-refractivity contribution in [3.8, 4) is 0 Å². The van der Waals surface area contributed by atoms with Crippen LogP contribution in [0.2, 0.25) is 5.02 Å². The van der Waals surface area contributed by atoms with Crippen LogP contribution >= 0.6 is 11.6 Å². The SMILES string of the molecule is CN(C)C(=O)c1ccc(NC(=O)c2ccc(F)c(F)c2F)cc1Cl. The number of benzene rings is 2. The molecule has 2 rings (SSSR count). The maximum atomic E-state index is 13.6. The molecule has 0 saturated heterocycles. The second-order valence-electron chi connectivity index (χ2n) is 5.07. The number of nitrogens with one attached hydrogen (secondary N) is 1. The monoisotopic (exact) mass is 356 g/mol. The zero-order chi connectivity index (χ0) is 18.0. The second kappa shape index (κ2) is 6.92. The zero-order valence-corrected chi connectivity index (χ0v) is 13.4. The van der Waals surface area contributed by atoms with Gasteiger partial charge in [0.25, 0.3) is 11.8 Å². The summed E-state index contributed by atoms with van der Waals surface area (Å²) < 4.78 is 39.7. The van der Waals surface area contributed by atoms with Crippen LogP contribution in [0.25, 0.3) is 0 Å². The molecular weight excluding hydrogens is 345 g/mol. The van der Waals surface area contributed by atoms with Gasteiger partial charge >= 0.3 is 0 Å². The number of nitrogens with zero attached hydrogens (tertiary/aromatic N) is 1. The van der Waals surface area contributed by atoms with Gasteiger partial charge in [0.05, 0.1) is 16.1 Å². The molecule has 0 aliphatic heterocycles. The molecule has 126 valence electrons. The summed E-state index contributed by atoms with van der Waals surface area (Å²) in [7, 11) is 3.11. The maximum Gasteiger partial charge on any atom is 0.258 e. The molecular formula is C16H12ClF3N2O2. The molecule has 0 spiro atoms. The summed E-state index contributed by atoms with van der Waals surface area (Å²) >= 11 is 5.99. The predicted molar refractivity (Wildman–Crippen MR) is 83.7 cm³/mol. The fraction of sp³-hybridized carbons (Fsp3) is 0.125. The third kappa shape index (κ3) is 3.51. The largest absolute Gasteiger partial charge is 0.345 e. The zero-order valence-electron chi connectivity index (χ0n) is 12.7. The minimum Gasteiger partial charge on any atom is -0.345 e. The van der Waals surface area contributed by atoms with E-state index in [-0.39, 0.29) is 22.2 Å². The molecule has 0 aliphatic rings. The van der Waals surface area contributed by atoms with Gasteiger partial charge in [-0.3, -0.25) is 9.59 Å². The van der Waals surface area contributed by atoms with E-state index in [1.54, 1.807) is 14.1 Å². The molecule has 4 nitrogen and oxygen atoms in total. The topological polar surface area (TPSA) is 49.4 Å². The predicted octanol–water partition coefficient (Wildman–Crippen LogP) is 3.71. The van der Waals surface area contributed by atoms with Gasteiger partial charge in [0.1, 0.15) is 0 Å². The molecule has 0 atom stereocenters. The first-order chi connectivity index (χ1) is 11.2. The van der Waals surface area contributed by atoms with E-state index in [0.29, 0.717) is 6.07 Å². The third-order valence-corrected chi connectivity index (χ3v) is 3.46. The van der Waals surface area contributed by atoms with Crippen LogP contribution in [-0.4, -0.2) is 30.8 Å². The molecule has 2 aromatic rings. The van der Waals surface area contributed by atoms with Crippen molar-refractivity contribution in [1.29, 1.82) is 0 Å². The van der Waals surface area contributed by atoms with Gasteiger partial charge in [-0.15, -0.1) is 0 Å². The number of hydrogen-bond donors (Lipinski definition) is 1. The quantitative estimate of drug-likeness (QED) is 0.852. The Kier molecular flexibility index (Phi) is 5.14. The molecule has 0 fully saturated rings. The fourth-order valence-corrected chi connectivity index (χ4v) is 2.17. The van der Waals surface area contributed by atoms with Gasteiger partial charge in [-0.1, -0.05) is 11.6 Å². The van der Waals surface area contributed by atoms with E-state index in [9.17, 15) is 22.8 Å². The van der Waals surface area contributed by atoms with Crippen molar-refractivity contribution < 1.29 is 22.8 Å². The van der Waals surface area contributed by atoms with Gasteiger partial charge in [0.15, 0.2) is 17.5 Å². The molecule has 24 heavy (non-hydrogen) atoms. The van der Waals surface area contributed by atoms with Crippen molar-refractivity contribution in [1.82, 2.24) is 4.90 Å². The molecule has 0 saturated carbocycles. The molecule has 8 heteroatoms. The average Bonchev–Trinajstić information content (AvgIpc) is 2.52. The molecule has 1 N–H and O–H groups in total. The Morgan fingerprint density at radius 1 is 1.00 bits per heavy atom. The lowest BCUT2D eigenvalue weighted by Crippen LogP contribution is -2.22. The van der Waals surface area contributed by atoms with E-state index in [0.717, 1.165) is 6.07 Å². The van der Waals surface area contributed by atoms with Crippen LogP contribution in [0.3, 0.4) is 0 Å². The molecule has 0 radical (unpaired) electrons. The van der Waals surface area contributed by atoms with Gasteiger partial charge < -0.3 is 10.2 Å². The summed E-state index contributed by atoms with van der Waals surface area (Å²) in [4.78, 5) is 25.2. The highest BCUT2D eigenvalue weighted by Crippen LogP contribution is 2.23. The minimum absolute atomic E-state index is 0.0808. The van der Waals surface area contributed by atoms with Crippen molar-refractivity contribution in [2.45, 2.75) is 0 Å². The Morgan fingerprint density at radius 2 is 1.62 bits per heavy atom. The lowest BCUT2D eigenvalue weighted by molar-refractivity contribution is 0.0827. The Morgan fingerprint density at radius 3 is 2.21 bits per heavy atom. The Hall–Kier alpha value is -2.54. The molecule has 2 amide bonds. The third-order valence-electron chi connectivity index (χ3n) is 3.14.